The molecule has 0 aromatic carbocycles. The van der Waals surface area contributed by atoms with Gasteiger partial charge in [0.25, 0.3) is 0 Å². The molecule has 68 valence electrons. The highest BCUT2D eigenvalue weighted by atomic mass is 32.2. The number of aliphatic hydroxyl groups is 1. The van der Waals surface area contributed by atoms with Crippen molar-refractivity contribution >= 4 is 23.1 Å². The molecule has 2 unspecified atom stereocenters. The Morgan fingerprint density at radius 2 is 2.50 bits per heavy atom. The molecule has 0 radical (unpaired) electrons. The van der Waals surface area contributed by atoms with Crippen LogP contribution in [0.15, 0.2) is 21.7 Å². The van der Waals surface area contributed by atoms with Crippen LogP contribution in [-0.2, 0) is 0 Å². The maximum Gasteiger partial charge on any atom is 0.0602 e. The van der Waals surface area contributed by atoms with Gasteiger partial charge in [-0.05, 0) is 18.4 Å². The van der Waals surface area contributed by atoms with Gasteiger partial charge in [0, 0.05) is 11.3 Å². The van der Waals surface area contributed by atoms with Gasteiger partial charge >= 0.3 is 0 Å². The fraction of sp³-hybridized carbons (Fsp3) is 0.500. The third-order valence-corrected chi connectivity index (χ3v) is 4.02. The highest BCUT2D eigenvalue weighted by Crippen LogP contribution is 2.28. The molecule has 1 aromatic heterocycles. The molecular formula is C8H13NOS2. The van der Waals surface area contributed by atoms with Crippen LogP contribution in [0.2, 0.25) is 0 Å². The van der Waals surface area contributed by atoms with Gasteiger partial charge in [0.05, 0.1) is 10.8 Å². The fourth-order valence-electron chi connectivity index (χ4n) is 0.791. The summed E-state index contributed by atoms with van der Waals surface area (Å²) < 4.78 is 1.21. The van der Waals surface area contributed by atoms with E-state index in [0.717, 1.165) is 0 Å². The Morgan fingerprint density at radius 1 is 1.75 bits per heavy atom. The summed E-state index contributed by atoms with van der Waals surface area (Å²) in [5.74, 6) is 0. The predicted molar refractivity (Wildman–Crippen MR) is 54.7 cm³/mol. The Bertz CT molecular complexity index is 211. The molecule has 0 aliphatic rings. The van der Waals surface area contributed by atoms with Crippen LogP contribution in [0.3, 0.4) is 0 Å². The van der Waals surface area contributed by atoms with E-state index < -0.39 is 0 Å². The first-order valence-corrected chi connectivity index (χ1v) is 5.56. The molecule has 1 aromatic rings. The normalized spacial score (nSPS) is 15.9. The molecule has 2 nitrogen and oxygen atoms in total. The molecular weight excluding hydrogens is 190 g/mol. The number of aliphatic hydroxyl groups excluding tert-OH is 1. The third-order valence-electron chi connectivity index (χ3n) is 1.53. The molecule has 0 aliphatic carbocycles. The van der Waals surface area contributed by atoms with Crippen LogP contribution in [0.1, 0.15) is 6.92 Å². The SMILES string of the molecule is CC(N)C(CO)Sc1cccs1. The summed E-state index contributed by atoms with van der Waals surface area (Å²) in [6, 6.07) is 4.07. The third kappa shape index (κ3) is 2.79. The van der Waals surface area contributed by atoms with Crippen LogP contribution in [0.25, 0.3) is 0 Å². The zero-order valence-corrected chi connectivity index (χ0v) is 8.57. The zero-order chi connectivity index (χ0) is 8.97. The van der Waals surface area contributed by atoms with Gasteiger partial charge in [0.2, 0.25) is 0 Å². The molecule has 0 aliphatic heterocycles. The lowest BCUT2D eigenvalue weighted by Gasteiger charge is -2.15. The van der Waals surface area contributed by atoms with Gasteiger partial charge < -0.3 is 10.8 Å². The van der Waals surface area contributed by atoms with Gasteiger partial charge in [-0.3, -0.25) is 0 Å². The summed E-state index contributed by atoms with van der Waals surface area (Å²) in [6.45, 7) is 2.06. The average Bonchev–Trinajstić information content (AvgIpc) is 2.51. The number of hydrogen-bond donors (Lipinski definition) is 2. The number of thioether (sulfide) groups is 1. The maximum atomic E-state index is 9.00. The van der Waals surface area contributed by atoms with Crippen LogP contribution in [0, 0.1) is 0 Å². The summed E-state index contributed by atoms with van der Waals surface area (Å²) in [5, 5.41) is 11.1. The van der Waals surface area contributed by atoms with E-state index in [-0.39, 0.29) is 17.9 Å². The minimum absolute atomic E-state index is 0.0297. The summed E-state index contributed by atoms with van der Waals surface area (Å²) in [5.41, 5.74) is 5.69. The molecule has 0 spiro atoms. The molecule has 12 heavy (non-hydrogen) atoms. The van der Waals surface area contributed by atoms with Crippen molar-refractivity contribution in [3.05, 3.63) is 17.5 Å². The topological polar surface area (TPSA) is 46.2 Å². The van der Waals surface area contributed by atoms with Gasteiger partial charge in [-0.25, -0.2) is 0 Å². The summed E-state index contributed by atoms with van der Waals surface area (Å²) in [7, 11) is 0. The molecule has 2 atom stereocenters. The molecule has 0 saturated carbocycles. The minimum atomic E-state index is 0.0297. The van der Waals surface area contributed by atoms with E-state index in [2.05, 4.69) is 0 Å². The molecule has 0 bridgehead atoms. The Balaban J connectivity index is 2.48. The van der Waals surface area contributed by atoms with E-state index in [9.17, 15) is 0 Å². The quantitative estimate of drug-likeness (QED) is 0.730. The van der Waals surface area contributed by atoms with Crippen molar-refractivity contribution in [2.45, 2.75) is 22.4 Å². The van der Waals surface area contributed by atoms with Gasteiger partial charge in [0.1, 0.15) is 0 Å². The van der Waals surface area contributed by atoms with E-state index in [1.165, 1.54) is 4.21 Å². The summed E-state index contributed by atoms with van der Waals surface area (Å²) >= 11 is 3.33. The fourth-order valence-corrected chi connectivity index (χ4v) is 2.74. The second kappa shape index (κ2) is 4.87. The van der Waals surface area contributed by atoms with Crippen LogP contribution in [0.4, 0.5) is 0 Å². The van der Waals surface area contributed by atoms with E-state index in [1.807, 2.05) is 24.4 Å². The Labute approximate surface area is 80.8 Å². The van der Waals surface area contributed by atoms with Gasteiger partial charge in [-0.2, -0.15) is 0 Å². The largest absolute Gasteiger partial charge is 0.395 e. The number of hydrogen-bond acceptors (Lipinski definition) is 4. The monoisotopic (exact) mass is 203 g/mol. The lowest BCUT2D eigenvalue weighted by molar-refractivity contribution is 0.285. The van der Waals surface area contributed by atoms with Gasteiger partial charge in [0.15, 0.2) is 0 Å². The molecule has 4 heteroatoms. The van der Waals surface area contributed by atoms with Crippen LogP contribution >= 0.6 is 23.1 Å². The van der Waals surface area contributed by atoms with E-state index in [1.54, 1.807) is 23.1 Å². The van der Waals surface area contributed by atoms with Crippen LogP contribution < -0.4 is 5.73 Å². The molecule has 0 fully saturated rings. The van der Waals surface area contributed by atoms with Crippen molar-refractivity contribution in [3.8, 4) is 0 Å². The molecule has 1 rings (SSSR count). The van der Waals surface area contributed by atoms with Crippen LogP contribution in [-0.4, -0.2) is 23.0 Å². The highest BCUT2D eigenvalue weighted by molar-refractivity contribution is 8.01. The van der Waals surface area contributed by atoms with Crippen molar-refractivity contribution in [1.29, 1.82) is 0 Å². The lowest BCUT2D eigenvalue weighted by atomic mass is 10.3. The van der Waals surface area contributed by atoms with E-state index in [0.29, 0.717) is 0 Å². The number of thiophene rings is 1. The maximum absolute atomic E-state index is 9.00. The molecule has 0 saturated heterocycles. The van der Waals surface area contributed by atoms with Crippen molar-refractivity contribution < 1.29 is 5.11 Å². The lowest BCUT2D eigenvalue weighted by Crippen LogP contribution is -2.31. The van der Waals surface area contributed by atoms with Crippen molar-refractivity contribution in [2.24, 2.45) is 5.73 Å². The molecule has 3 N–H and O–H groups in total. The first-order chi connectivity index (χ1) is 5.74. The standard InChI is InChI=1S/C8H13NOS2/c1-6(9)7(5-10)12-8-3-2-4-11-8/h2-4,6-7,10H,5,9H2,1H3. The van der Waals surface area contributed by atoms with Gasteiger partial charge in [-0.15, -0.1) is 23.1 Å². The van der Waals surface area contributed by atoms with Crippen molar-refractivity contribution in [1.82, 2.24) is 0 Å². The van der Waals surface area contributed by atoms with Gasteiger partial charge in [-0.1, -0.05) is 6.07 Å². The highest BCUT2D eigenvalue weighted by Gasteiger charge is 2.14. The Morgan fingerprint density at radius 3 is 2.92 bits per heavy atom. The molecule has 0 amide bonds. The smallest absolute Gasteiger partial charge is 0.0602 e. The van der Waals surface area contributed by atoms with Crippen molar-refractivity contribution in [2.75, 3.05) is 6.61 Å². The minimum Gasteiger partial charge on any atom is -0.395 e. The van der Waals surface area contributed by atoms with Crippen molar-refractivity contribution in [3.63, 3.8) is 0 Å². The average molecular weight is 203 g/mol. The van der Waals surface area contributed by atoms with E-state index in [4.69, 9.17) is 10.8 Å². The Hall–Kier alpha value is -0.0300. The number of rotatable bonds is 4. The van der Waals surface area contributed by atoms with E-state index >= 15 is 0 Å². The zero-order valence-electron chi connectivity index (χ0n) is 6.93. The first-order valence-electron chi connectivity index (χ1n) is 3.80. The first kappa shape index (κ1) is 10.1. The predicted octanol–water partition coefficient (Wildman–Crippen LogP) is 1.55. The van der Waals surface area contributed by atoms with Crippen LogP contribution in [0.5, 0.6) is 0 Å². The summed E-state index contributed by atoms with van der Waals surface area (Å²) in [6.07, 6.45) is 0. The summed E-state index contributed by atoms with van der Waals surface area (Å²) in [4.78, 5) is 0. The number of nitrogens with two attached hydrogens (primary N) is 1. The Kier molecular flexibility index (Phi) is 4.08. The second-order valence-corrected chi connectivity index (χ2v) is 5.12. The molecule has 1 heterocycles. The second-order valence-electron chi connectivity index (χ2n) is 2.63.